The molecule has 1 heterocycles. The molecule has 100 valence electrons. The van der Waals surface area contributed by atoms with Gasteiger partial charge in [-0.15, -0.1) is 4.52 Å². The van der Waals surface area contributed by atoms with Crippen molar-refractivity contribution in [1.82, 2.24) is 0 Å². The van der Waals surface area contributed by atoms with Gasteiger partial charge in [-0.05, 0) is 36.5 Å². The van der Waals surface area contributed by atoms with Gasteiger partial charge in [0.2, 0.25) is 0 Å². The zero-order valence-electron chi connectivity index (χ0n) is 10.1. The zero-order valence-corrected chi connectivity index (χ0v) is 11.7. The number of hydrogen-bond acceptors (Lipinski definition) is 4. The molecule has 2 aliphatic rings. The van der Waals surface area contributed by atoms with E-state index in [-0.39, 0.29) is 0 Å². The second-order valence-electron chi connectivity index (χ2n) is 5.07. The topological polar surface area (TPSA) is 62.0 Å². The summed E-state index contributed by atoms with van der Waals surface area (Å²) in [5.41, 5.74) is 0.480. The minimum absolute atomic E-state index is 0.336. The number of nitrogens with zero attached hydrogens (tertiary/aromatic N) is 2. The average Bonchev–Trinajstić information content (AvgIpc) is 3.15. The van der Waals surface area contributed by atoms with Crippen molar-refractivity contribution in [3.8, 4) is 0 Å². The predicted molar refractivity (Wildman–Crippen MR) is 74.5 cm³/mol. The molecule has 0 radical (unpaired) electrons. The summed E-state index contributed by atoms with van der Waals surface area (Å²) >= 11 is 6.96. The van der Waals surface area contributed by atoms with Crippen molar-refractivity contribution in [3.63, 3.8) is 0 Å². The number of benzene rings is 1. The van der Waals surface area contributed by atoms with Crippen molar-refractivity contribution in [2.75, 3.05) is 0 Å². The van der Waals surface area contributed by atoms with Gasteiger partial charge in [-0.2, -0.15) is 5.11 Å². The van der Waals surface area contributed by atoms with Gasteiger partial charge >= 0.3 is 5.97 Å². The summed E-state index contributed by atoms with van der Waals surface area (Å²) in [5.74, 6) is -0.487. The Kier molecular flexibility index (Phi) is 3.27. The number of hydrogen-bond donors (Lipinski definition) is 1. The molecule has 0 aromatic heterocycles. The van der Waals surface area contributed by atoms with Gasteiger partial charge in [0.05, 0.1) is 0 Å². The molecular weight excluding hydrogens is 284 g/mol. The normalized spacial score (nSPS) is 29.6. The highest BCUT2D eigenvalue weighted by Crippen LogP contribution is 2.52. The van der Waals surface area contributed by atoms with Crippen molar-refractivity contribution in [2.45, 2.75) is 30.1 Å². The summed E-state index contributed by atoms with van der Waals surface area (Å²) in [6, 6.07) is 7.52. The first-order chi connectivity index (χ1) is 9.12. The smallest absolute Gasteiger partial charge is 0.321 e. The lowest BCUT2D eigenvalue weighted by Crippen LogP contribution is -2.44. The van der Waals surface area contributed by atoms with Crippen LogP contribution in [0.2, 0.25) is 5.02 Å². The Morgan fingerprint density at radius 1 is 1.42 bits per heavy atom. The molecule has 1 N–H and O–H groups in total. The molecular formula is C13H13ClN2O2S. The van der Waals surface area contributed by atoms with Crippen molar-refractivity contribution < 1.29 is 9.90 Å². The van der Waals surface area contributed by atoms with Crippen LogP contribution in [0.15, 0.2) is 33.9 Å². The van der Waals surface area contributed by atoms with E-state index >= 15 is 0 Å². The number of aliphatic carboxylic acids is 1. The molecule has 1 saturated carbocycles. The van der Waals surface area contributed by atoms with E-state index < -0.39 is 16.8 Å². The van der Waals surface area contributed by atoms with Crippen LogP contribution in [-0.2, 0) is 11.2 Å². The first-order valence-electron chi connectivity index (χ1n) is 6.17. The summed E-state index contributed by atoms with van der Waals surface area (Å²) in [4.78, 5) is 11.4. The molecule has 3 rings (SSSR count). The van der Waals surface area contributed by atoms with E-state index in [0.29, 0.717) is 17.4 Å². The third kappa shape index (κ3) is 2.37. The maximum absolute atomic E-state index is 11.4. The zero-order chi connectivity index (χ0) is 13.5. The Bertz CT molecular complexity index is 530. The highest BCUT2D eigenvalue weighted by molar-refractivity contribution is 7.99. The van der Waals surface area contributed by atoms with E-state index in [1.165, 1.54) is 0 Å². The SMILES string of the molecule is O=C(O)C1SN=NC1(Cc1ccc(Cl)cc1)C1CC1. The summed E-state index contributed by atoms with van der Waals surface area (Å²) in [5, 5.41) is 13.8. The molecule has 1 fully saturated rings. The van der Waals surface area contributed by atoms with Crippen molar-refractivity contribution in [2.24, 2.45) is 15.6 Å². The highest BCUT2D eigenvalue weighted by atomic mass is 35.5. The first-order valence-corrected chi connectivity index (χ1v) is 7.38. The van der Waals surface area contributed by atoms with E-state index in [0.717, 1.165) is 30.4 Å². The van der Waals surface area contributed by atoms with E-state index in [9.17, 15) is 9.90 Å². The predicted octanol–water partition coefficient (Wildman–Crippen LogP) is 3.60. The van der Waals surface area contributed by atoms with Crippen LogP contribution < -0.4 is 0 Å². The molecule has 1 aliphatic carbocycles. The van der Waals surface area contributed by atoms with Crippen molar-refractivity contribution in [3.05, 3.63) is 34.9 Å². The number of carboxylic acids is 1. The Morgan fingerprint density at radius 2 is 2.11 bits per heavy atom. The van der Waals surface area contributed by atoms with Gasteiger partial charge in [0.15, 0.2) is 5.25 Å². The summed E-state index contributed by atoms with van der Waals surface area (Å²) in [6.45, 7) is 0. The molecule has 1 aromatic rings. The molecule has 4 nitrogen and oxygen atoms in total. The van der Waals surface area contributed by atoms with Gasteiger partial charge in [-0.1, -0.05) is 23.7 Å². The number of carbonyl (C=O) groups is 1. The number of carboxylic acid groups (broad SMARTS) is 1. The third-order valence-corrected chi connectivity index (χ3v) is 4.99. The van der Waals surface area contributed by atoms with Crippen molar-refractivity contribution >= 4 is 29.5 Å². The van der Waals surface area contributed by atoms with Crippen molar-refractivity contribution in [1.29, 1.82) is 0 Å². The average molecular weight is 297 g/mol. The quantitative estimate of drug-likeness (QED) is 0.864. The lowest BCUT2D eigenvalue weighted by atomic mass is 9.83. The van der Waals surface area contributed by atoms with Gasteiger partial charge in [-0.3, -0.25) is 4.79 Å². The largest absolute Gasteiger partial charge is 0.480 e. The standard InChI is InChI=1S/C13H13ClN2O2S/c14-10-5-1-8(2-6-10)7-13(9-3-4-9)11(12(17)18)19-16-15-13/h1-2,5-6,9,11H,3-4,7H2,(H,17,18). The van der Waals surface area contributed by atoms with Crippen LogP contribution in [0, 0.1) is 5.92 Å². The molecule has 19 heavy (non-hydrogen) atoms. The number of rotatable bonds is 4. The van der Waals surface area contributed by atoms with E-state index in [2.05, 4.69) is 9.63 Å². The minimum atomic E-state index is -0.823. The highest BCUT2D eigenvalue weighted by Gasteiger charge is 2.57. The van der Waals surface area contributed by atoms with Crippen LogP contribution in [0.25, 0.3) is 0 Å². The van der Waals surface area contributed by atoms with Crippen LogP contribution in [-0.4, -0.2) is 21.9 Å². The second kappa shape index (κ2) is 4.80. The minimum Gasteiger partial charge on any atom is -0.480 e. The van der Waals surface area contributed by atoms with Gasteiger partial charge < -0.3 is 5.11 Å². The summed E-state index contributed by atoms with van der Waals surface area (Å²) in [7, 11) is 0. The van der Waals surface area contributed by atoms with Crippen LogP contribution >= 0.6 is 23.5 Å². The Hall–Kier alpha value is -1.07. The Morgan fingerprint density at radius 3 is 2.68 bits per heavy atom. The molecule has 1 aliphatic heterocycles. The van der Waals surface area contributed by atoms with E-state index in [1.807, 2.05) is 24.3 Å². The molecule has 0 saturated heterocycles. The fourth-order valence-corrected chi connectivity index (χ4v) is 3.64. The molecule has 0 amide bonds. The molecule has 0 bridgehead atoms. The lowest BCUT2D eigenvalue weighted by Gasteiger charge is -2.28. The maximum atomic E-state index is 11.4. The fourth-order valence-electron chi connectivity index (χ4n) is 2.63. The van der Waals surface area contributed by atoms with Gasteiger partial charge in [0.25, 0.3) is 0 Å². The molecule has 2 atom stereocenters. The van der Waals surface area contributed by atoms with Crippen LogP contribution in [0.3, 0.4) is 0 Å². The fraction of sp³-hybridized carbons (Fsp3) is 0.462. The van der Waals surface area contributed by atoms with Crippen LogP contribution in [0.4, 0.5) is 0 Å². The Balaban J connectivity index is 1.90. The van der Waals surface area contributed by atoms with E-state index in [1.54, 1.807) is 0 Å². The number of halogens is 1. The molecule has 2 unspecified atom stereocenters. The maximum Gasteiger partial charge on any atom is 0.321 e. The second-order valence-corrected chi connectivity index (χ2v) is 6.36. The van der Waals surface area contributed by atoms with Crippen LogP contribution in [0.5, 0.6) is 0 Å². The van der Waals surface area contributed by atoms with Crippen LogP contribution in [0.1, 0.15) is 18.4 Å². The summed E-state index contributed by atoms with van der Waals surface area (Å²) < 4.78 is 3.95. The first kappa shape index (κ1) is 12.9. The van der Waals surface area contributed by atoms with Gasteiger partial charge in [-0.25, -0.2) is 0 Å². The van der Waals surface area contributed by atoms with Gasteiger partial charge in [0, 0.05) is 23.4 Å². The van der Waals surface area contributed by atoms with E-state index in [4.69, 9.17) is 11.6 Å². The molecule has 1 aromatic carbocycles. The monoisotopic (exact) mass is 296 g/mol. The van der Waals surface area contributed by atoms with Gasteiger partial charge in [0.1, 0.15) is 5.54 Å². The summed E-state index contributed by atoms with van der Waals surface area (Å²) in [6.07, 6.45) is 2.69. The molecule has 6 heteroatoms. The Labute approximate surface area is 120 Å². The molecule has 0 spiro atoms. The lowest BCUT2D eigenvalue weighted by molar-refractivity contribution is -0.137. The third-order valence-electron chi connectivity index (χ3n) is 3.74.